The first-order valence-electron chi connectivity index (χ1n) is 10.1. The Morgan fingerprint density at radius 3 is 2.42 bits per heavy atom. The first-order chi connectivity index (χ1) is 15.9. The van der Waals surface area contributed by atoms with Gasteiger partial charge in [0, 0.05) is 11.3 Å². The van der Waals surface area contributed by atoms with E-state index in [-0.39, 0.29) is 24.2 Å². The topological polar surface area (TPSA) is 69.0 Å². The normalized spacial score (nSPS) is 10.8. The van der Waals surface area contributed by atoms with Gasteiger partial charge in [-0.3, -0.25) is 4.79 Å². The molecule has 3 aromatic carbocycles. The third-order valence-electron chi connectivity index (χ3n) is 4.71. The van der Waals surface area contributed by atoms with Crippen molar-refractivity contribution in [2.45, 2.75) is 13.3 Å². The molecule has 0 fully saturated rings. The van der Waals surface area contributed by atoms with Gasteiger partial charge in [-0.25, -0.2) is 9.07 Å². The summed E-state index contributed by atoms with van der Waals surface area (Å²) in [6, 6.07) is 18.4. The molecule has 0 aliphatic heterocycles. The quantitative estimate of drug-likeness (QED) is 0.351. The molecule has 0 bridgehead atoms. The Morgan fingerprint density at radius 1 is 1.03 bits per heavy atom. The lowest BCUT2D eigenvalue weighted by molar-refractivity contribution is -0.115. The van der Waals surface area contributed by atoms with E-state index in [0.717, 1.165) is 11.1 Å². The highest BCUT2D eigenvalue weighted by molar-refractivity contribution is 6.42. The summed E-state index contributed by atoms with van der Waals surface area (Å²) in [4.78, 5) is 16.8. The van der Waals surface area contributed by atoms with Crippen molar-refractivity contribution in [1.29, 1.82) is 0 Å². The second kappa shape index (κ2) is 10.0. The van der Waals surface area contributed by atoms with Crippen molar-refractivity contribution >= 4 is 34.8 Å². The summed E-state index contributed by atoms with van der Waals surface area (Å²) >= 11 is 12.2. The highest BCUT2D eigenvalue weighted by Crippen LogP contribution is 2.30. The van der Waals surface area contributed by atoms with Crippen LogP contribution < -0.4 is 10.1 Å². The average Bonchev–Trinajstić information content (AvgIpc) is 3.22. The minimum absolute atomic E-state index is 0.143. The molecule has 0 saturated heterocycles. The van der Waals surface area contributed by atoms with Crippen molar-refractivity contribution in [1.82, 2.24) is 14.8 Å². The van der Waals surface area contributed by atoms with Crippen LogP contribution in [0.25, 0.3) is 17.1 Å². The van der Waals surface area contributed by atoms with Crippen LogP contribution in [-0.2, 0) is 11.2 Å². The van der Waals surface area contributed by atoms with Crippen molar-refractivity contribution in [2.75, 3.05) is 11.9 Å². The number of hydrogen-bond acceptors (Lipinski definition) is 4. The van der Waals surface area contributed by atoms with Gasteiger partial charge < -0.3 is 10.1 Å². The maximum atomic E-state index is 13.0. The molecular formula is C24H19Cl2FN4O2. The second-order valence-corrected chi connectivity index (χ2v) is 7.90. The van der Waals surface area contributed by atoms with Crippen molar-refractivity contribution in [3.63, 3.8) is 0 Å². The van der Waals surface area contributed by atoms with Crippen LogP contribution in [0.1, 0.15) is 12.5 Å². The predicted octanol–water partition coefficient (Wildman–Crippen LogP) is 5.96. The van der Waals surface area contributed by atoms with Crippen molar-refractivity contribution in [3.05, 3.63) is 88.2 Å². The molecule has 0 aliphatic rings. The standard InChI is InChI=1S/C24H19Cl2FN4O2/c1-2-33-24-29-23(16-5-12-20(25)21(26)14-16)31(30-24)19-10-8-18(9-11-19)28-22(32)13-15-3-6-17(27)7-4-15/h3-12,14H,2,13H2,1H3,(H,28,32). The molecule has 0 saturated carbocycles. The third-order valence-corrected chi connectivity index (χ3v) is 5.45. The van der Waals surface area contributed by atoms with E-state index in [4.69, 9.17) is 27.9 Å². The maximum absolute atomic E-state index is 13.0. The Morgan fingerprint density at radius 2 is 1.76 bits per heavy atom. The summed E-state index contributed by atoms with van der Waals surface area (Å²) in [5.41, 5.74) is 2.78. The molecule has 0 atom stereocenters. The Balaban J connectivity index is 1.56. The summed E-state index contributed by atoms with van der Waals surface area (Å²) in [6.07, 6.45) is 0.143. The minimum atomic E-state index is -0.337. The maximum Gasteiger partial charge on any atom is 0.336 e. The number of ether oxygens (including phenoxy) is 1. The number of nitrogens with one attached hydrogen (secondary N) is 1. The minimum Gasteiger partial charge on any atom is -0.463 e. The lowest BCUT2D eigenvalue weighted by Gasteiger charge is -2.09. The number of halogens is 3. The summed E-state index contributed by atoms with van der Waals surface area (Å²) < 4.78 is 20.2. The van der Waals surface area contributed by atoms with Crippen LogP contribution in [0.3, 0.4) is 0 Å². The van der Waals surface area contributed by atoms with Gasteiger partial charge >= 0.3 is 6.01 Å². The summed E-state index contributed by atoms with van der Waals surface area (Å²) in [5.74, 6) is -0.00838. The average molecular weight is 485 g/mol. The molecule has 0 unspecified atom stereocenters. The summed E-state index contributed by atoms with van der Waals surface area (Å²) in [7, 11) is 0. The van der Waals surface area contributed by atoms with Gasteiger partial charge in [0.05, 0.1) is 28.8 Å². The zero-order valence-electron chi connectivity index (χ0n) is 17.6. The van der Waals surface area contributed by atoms with E-state index in [2.05, 4.69) is 15.4 Å². The van der Waals surface area contributed by atoms with Gasteiger partial charge in [-0.15, -0.1) is 5.10 Å². The summed E-state index contributed by atoms with van der Waals surface area (Å²) in [5, 5.41) is 8.12. The molecule has 33 heavy (non-hydrogen) atoms. The fourth-order valence-corrected chi connectivity index (χ4v) is 3.46. The molecule has 1 heterocycles. The zero-order chi connectivity index (χ0) is 23.4. The van der Waals surface area contributed by atoms with Crippen molar-refractivity contribution < 1.29 is 13.9 Å². The van der Waals surface area contributed by atoms with Crippen LogP contribution in [0.2, 0.25) is 10.0 Å². The van der Waals surface area contributed by atoms with Gasteiger partial charge in [-0.05, 0) is 67.1 Å². The molecule has 0 spiro atoms. The first kappa shape index (κ1) is 22.8. The van der Waals surface area contributed by atoms with Gasteiger partial charge in [0.25, 0.3) is 0 Å². The molecule has 1 amide bonds. The highest BCUT2D eigenvalue weighted by Gasteiger charge is 2.16. The largest absolute Gasteiger partial charge is 0.463 e. The Kier molecular flexibility index (Phi) is 6.91. The molecule has 168 valence electrons. The van der Waals surface area contributed by atoms with E-state index >= 15 is 0 Å². The van der Waals surface area contributed by atoms with E-state index in [0.29, 0.717) is 33.9 Å². The van der Waals surface area contributed by atoms with E-state index in [1.54, 1.807) is 59.3 Å². The Labute approximate surface area is 199 Å². The van der Waals surface area contributed by atoms with Gasteiger partial charge in [0.15, 0.2) is 5.82 Å². The van der Waals surface area contributed by atoms with Crippen LogP contribution >= 0.6 is 23.2 Å². The zero-order valence-corrected chi connectivity index (χ0v) is 19.1. The Hall–Kier alpha value is -3.42. The van der Waals surface area contributed by atoms with Gasteiger partial charge in [0.2, 0.25) is 5.91 Å². The molecule has 0 aliphatic carbocycles. The van der Waals surface area contributed by atoms with Crippen molar-refractivity contribution in [2.24, 2.45) is 0 Å². The van der Waals surface area contributed by atoms with Crippen LogP contribution in [0.4, 0.5) is 10.1 Å². The van der Waals surface area contributed by atoms with E-state index < -0.39 is 0 Å². The van der Waals surface area contributed by atoms with Crippen LogP contribution in [0, 0.1) is 5.82 Å². The Bertz CT molecular complexity index is 1270. The molecule has 4 rings (SSSR count). The highest BCUT2D eigenvalue weighted by atomic mass is 35.5. The smallest absolute Gasteiger partial charge is 0.336 e. The number of carbonyl (C=O) groups is 1. The molecule has 9 heteroatoms. The van der Waals surface area contributed by atoms with Gasteiger partial charge in [-0.2, -0.15) is 4.98 Å². The first-order valence-corrected chi connectivity index (χ1v) is 10.9. The summed E-state index contributed by atoms with van der Waals surface area (Å²) in [6.45, 7) is 2.27. The number of benzene rings is 3. The SMILES string of the molecule is CCOc1nc(-c2ccc(Cl)c(Cl)c2)n(-c2ccc(NC(=O)Cc3ccc(F)cc3)cc2)n1. The van der Waals surface area contributed by atoms with Crippen LogP contribution in [-0.4, -0.2) is 27.3 Å². The molecule has 1 N–H and O–H groups in total. The van der Waals surface area contributed by atoms with Gasteiger partial charge in [-0.1, -0.05) is 35.3 Å². The lowest BCUT2D eigenvalue weighted by Crippen LogP contribution is -2.14. The number of rotatable bonds is 7. The van der Waals surface area contributed by atoms with E-state index in [1.807, 2.05) is 6.92 Å². The van der Waals surface area contributed by atoms with Crippen LogP contribution in [0.15, 0.2) is 66.7 Å². The van der Waals surface area contributed by atoms with Crippen molar-refractivity contribution in [3.8, 4) is 23.1 Å². The number of hydrogen-bond donors (Lipinski definition) is 1. The molecular weight excluding hydrogens is 466 g/mol. The number of aromatic nitrogens is 3. The fraction of sp³-hybridized carbons (Fsp3) is 0.125. The lowest BCUT2D eigenvalue weighted by atomic mass is 10.1. The molecule has 6 nitrogen and oxygen atoms in total. The van der Waals surface area contributed by atoms with Crippen LogP contribution in [0.5, 0.6) is 6.01 Å². The van der Waals surface area contributed by atoms with E-state index in [9.17, 15) is 9.18 Å². The second-order valence-electron chi connectivity index (χ2n) is 7.09. The molecule has 1 aromatic heterocycles. The monoisotopic (exact) mass is 484 g/mol. The third kappa shape index (κ3) is 5.50. The number of amides is 1. The fourth-order valence-electron chi connectivity index (χ4n) is 3.16. The van der Waals surface area contributed by atoms with Gasteiger partial charge in [0.1, 0.15) is 5.82 Å². The number of carbonyl (C=O) groups excluding carboxylic acids is 1. The van der Waals surface area contributed by atoms with E-state index in [1.165, 1.54) is 12.1 Å². The number of anilines is 1. The molecule has 0 radical (unpaired) electrons. The number of nitrogens with zero attached hydrogens (tertiary/aromatic N) is 3. The molecule has 4 aromatic rings. The predicted molar refractivity (Wildman–Crippen MR) is 127 cm³/mol.